The van der Waals surface area contributed by atoms with Crippen LogP contribution < -0.4 is 14.2 Å². The van der Waals surface area contributed by atoms with Gasteiger partial charge in [-0.05, 0) is 55.7 Å². The molecule has 1 aliphatic rings. The van der Waals surface area contributed by atoms with Gasteiger partial charge in [-0.1, -0.05) is 12.1 Å². The molecule has 0 saturated heterocycles. The van der Waals surface area contributed by atoms with Crippen molar-refractivity contribution in [1.82, 2.24) is 4.90 Å². The predicted molar refractivity (Wildman–Crippen MR) is 105 cm³/mol. The summed E-state index contributed by atoms with van der Waals surface area (Å²) < 4.78 is 16.4. The van der Waals surface area contributed by atoms with Crippen LogP contribution in [-0.4, -0.2) is 43.5 Å². The Morgan fingerprint density at radius 3 is 2.46 bits per heavy atom. The Bertz CT molecular complexity index is 814. The lowest BCUT2D eigenvalue weighted by atomic mass is 10.2. The van der Waals surface area contributed by atoms with Crippen molar-refractivity contribution < 1.29 is 23.8 Å². The van der Waals surface area contributed by atoms with Gasteiger partial charge in [-0.15, -0.1) is 0 Å². The highest BCUT2D eigenvalue weighted by Crippen LogP contribution is 2.30. The van der Waals surface area contributed by atoms with E-state index in [0.717, 1.165) is 30.4 Å². The molecule has 6 heteroatoms. The SMILES string of the molecule is CCOc1cc(C=O)ccc1OCC(=O)N(Cc1ccc(OC)cc1)C1CC1. The van der Waals surface area contributed by atoms with Gasteiger partial charge in [0, 0.05) is 18.2 Å². The van der Waals surface area contributed by atoms with Crippen LogP contribution in [0, 0.1) is 0 Å². The molecule has 148 valence electrons. The van der Waals surface area contributed by atoms with E-state index in [1.165, 1.54) is 0 Å². The van der Waals surface area contributed by atoms with Crippen LogP contribution in [0.15, 0.2) is 42.5 Å². The minimum Gasteiger partial charge on any atom is -0.497 e. The van der Waals surface area contributed by atoms with Gasteiger partial charge >= 0.3 is 0 Å². The van der Waals surface area contributed by atoms with E-state index in [2.05, 4.69) is 0 Å². The van der Waals surface area contributed by atoms with Crippen LogP contribution in [0.1, 0.15) is 35.7 Å². The Balaban J connectivity index is 1.65. The van der Waals surface area contributed by atoms with E-state index in [-0.39, 0.29) is 18.6 Å². The molecule has 1 amide bonds. The molecule has 0 heterocycles. The third-order valence-electron chi connectivity index (χ3n) is 4.57. The molecule has 0 aromatic heterocycles. The second kappa shape index (κ2) is 9.26. The first kappa shape index (κ1) is 19.7. The number of benzene rings is 2. The molecule has 0 radical (unpaired) electrons. The van der Waals surface area contributed by atoms with E-state index < -0.39 is 0 Å². The molecule has 0 unspecified atom stereocenters. The monoisotopic (exact) mass is 383 g/mol. The molecule has 0 N–H and O–H groups in total. The number of aldehydes is 1. The van der Waals surface area contributed by atoms with E-state index in [1.54, 1.807) is 25.3 Å². The zero-order valence-corrected chi connectivity index (χ0v) is 16.2. The van der Waals surface area contributed by atoms with Crippen LogP contribution in [0.25, 0.3) is 0 Å². The Morgan fingerprint density at radius 1 is 1.11 bits per heavy atom. The molecule has 0 bridgehead atoms. The zero-order chi connectivity index (χ0) is 19.9. The predicted octanol–water partition coefficient (Wildman–Crippen LogP) is 3.48. The summed E-state index contributed by atoms with van der Waals surface area (Å²) in [5.41, 5.74) is 1.55. The fourth-order valence-electron chi connectivity index (χ4n) is 2.94. The number of hydrogen-bond acceptors (Lipinski definition) is 5. The van der Waals surface area contributed by atoms with Gasteiger partial charge in [0.2, 0.25) is 0 Å². The third-order valence-corrected chi connectivity index (χ3v) is 4.57. The number of carbonyl (C=O) groups excluding carboxylic acids is 2. The smallest absolute Gasteiger partial charge is 0.261 e. The van der Waals surface area contributed by atoms with E-state index in [0.29, 0.717) is 30.2 Å². The van der Waals surface area contributed by atoms with E-state index in [1.807, 2.05) is 36.1 Å². The fraction of sp³-hybridized carbons (Fsp3) is 0.364. The minimum absolute atomic E-state index is 0.0692. The van der Waals surface area contributed by atoms with Crippen LogP contribution in [0.4, 0.5) is 0 Å². The normalized spacial score (nSPS) is 12.9. The molecule has 0 spiro atoms. The Kier molecular flexibility index (Phi) is 6.53. The lowest BCUT2D eigenvalue weighted by Gasteiger charge is -2.23. The molecule has 0 aliphatic heterocycles. The summed E-state index contributed by atoms with van der Waals surface area (Å²) in [4.78, 5) is 25.6. The van der Waals surface area contributed by atoms with Crippen LogP contribution in [0.5, 0.6) is 17.2 Å². The molecule has 6 nitrogen and oxygen atoms in total. The van der Waals surface area contributed by atoms with Crippen molar-refractivity contribution in [3.8, 4) is 17.2 Å². The number of rotatable bonds is 10. The van der Waals surface area contributed by atoms with Crippen LogP contribution >= 0.6 is 0 Å². The molecule has 1 aliphatic carbocycles. The number of hydrogen-bond donors (Lipinski definition) is 0. The highest BCUT2D eigenvalue weighted by Gasteiger charge is 2.32. The molecule has 0 atom stereocenters. The van der Waals surface area contributed by atoms with Crippen LogP contribution in [-0.2, 0) is 11.3 Å². The fourth-order valence-corrected chi connectivity index (χ4v) is 2.94. The second-order valence-electron chi connectivity index (χ2n) is 6.65. The molecule has 2 aromatic rings. The van der Waals surface area contributed by atoms with E-state index >= 15 is 0 Å². The van der Waals surface area contributed by atoms with E-state index in [4.69, 9.17) is 14.2 Å². The number of carbonyl (C=O) groups is 2. The van der Waals surface area contributed by atoms with Crippen LogP contribution in [0.2, 0.25) is 0 Å². The lowest BCUT2D eigenvalue weighted by molar-refractivity contribution is -0.134. The van der Waals surface area contributed by atoms with Gasteiger partial charge in [0.1, 0.15) is 12.0 Å². The molecule has 28 heavy (non-hydrogen) atoms. The quantitative estimate of drug-likeness (QED) is 0.588. The summed E-state index contributed by atoms with van der Waals surface area (Å²) >= 11 is 0. The van der Waals surface area contributed by atoms with E-state index in [9.17, 15) is 9.59 Å². The van der Waals surface area contributed by atoms with Gasteiger partial charge in [-0.2, -0.15) is 0 Å². The Hall–Kier alpha value is -3.02. The molecular formula is C22H25NO5. The van der Waals surface area contributed by atoms with Gasteiger partial charge in [0.05, 0.1) is 13.7 Å². The first-order chi connectivity index (χ1) is 13.6. The largest absolute Gasteiger partial charge is 0.497 e. The van der Waals surface area contributed by atoms with Crippen molar-refractivity contribution in [2.45, 2.75) is 32.4 Å². The number of ether oxygens (including phenoxy) is 3. The molecule has 2 aromatic carbocycles. The van der Waals surface area contributed by atoms with Gasteiger partial charge in [0.15, 0.2) is 18.1 Å². The summed E-state index contributed by atoms with van der Waals surface area (Å²) in [5.74, 6) is 1.65. The van der Waals surface area contributed by atoms with Gasteiger partial charge in [-0.3, -0.25) is 9.59 Å². The van der Waals surface area contributed by atoms with Crippen molar-refractivity contribution in [3.05, 3.63) is 53.6 Å². The maximum Gasteiger partial charge on any atom is 0.261 e. The van der Waals surface area contributed by atoms with Crippen molar-refractivity contribution >= 4 is 12.2 Å². The summed E-state index contributed by atoms with van der Waals surface area (Å²) in [6.07, 6.45) is 2.78. The average Bonchev–Trinajstić information content (AvgIpc) is 3.56. The number of nitrogens with zero attached hydrogens (tertiary/aromatic N) is 1. The van der Waals surface area contributed by atoms with Crippen molar-refractivity contribution in [2.75, 3.05) is 20.3 Å². The first-order valence-corrected chi connectivity index (χ1v) is 9.41. The first-order valence-electron chi connectivity index (χ1n) is 9.41. The number of methoxy groups -OCH3 is 1. The maximum absolute atomic E-state index is 12.8. The van der Waals surface area contributed by atoms with Crippen molar-refractivity contribution in [3.63, 3.8) is 0 Å². The highest BCUT2D eigenvalue weighted by atomic mass is 16.5. The second-order valence-corrected chi connectivity index (χ2v) is 6.65. The minimum atomic E-state index is -0.0762. The molecule has 1 saturated carbocycles. The van der Waals surface area contributed by atoms with Gasteiger partial charge < -0.3 is 19.1 Å². The summed E-state index contributed by atoms with van der Waals surface area (Å²) in [6.45, 7) is 2.76. The van der Waals surface area contributed by atoms with Crippen molar-refractivity contribution in [2.24, 2.45) is 0 Å². The summed E-state index contributed by atoms with van der Waals surface area (Å²) in [5, 5.41) is 0. The highest BCUT2D eigenvalue weighted by molar-refractivity contribution is 5.79. The Labute approximate surface area is 165 Å². The van der Waals surface area contributed by atoms with Gasteiger partial charge in [-0.25, -0.2) is 0 Å². The summed E-state index contributed by atoms with van der Waals surface area (Å²) in [7, 11) is 1.63. The Morgan fingerprint density at radius 2 is 1.86 bits per heavy atom. The molecule has 3 rings (SSSR count). The average molecular weight is 383 g/mol. The van der Waals surface area contributed by atoms with Crippen LogP contribution in [0.3, 0.4) is 0 Å². The maximum atomic E-state index is 12.8. The van der Waals surface area contributed by atoms with Crippen molar-refractivity contribution in [1.29, 1.82) is 0 Å². The number of amides is 1. The zero-order valence-electron chi connectivity index (χ0n) is 16.2. The summed E-state index contributed by atoms with van der Waals surface area (Å²) in [6, 6.07) is 12.9. The standard InChI is InChI=1S/C22H25NO5/c1-3-27-21-12-17(14-24)6-11-20(21)28-15-22(25)23(18-7-8-18)13-16-4-9-19(26-2)10-5-16/h4-6,9-12,14,18H,3,7-8,13,15H2,1-2H3. The van der Waals surface area contributed by atoms with Gasteiger partial charge in [0.25, 0.3) is 5.91 Å². The molecule has 1 fully saturated rings. The third kappa shape index (κ3) is 5.03. The topological polar surface area (TPSA) is 65.1 Å². The molecular weight excluding hydrogens is 358 g/mol. The lowest BCUT2D eigenvalue weighted by Crippen LogP contribution is -2.36.